The summed E-state index contributed by atoms with van der Waals surface area (Å²) < 4.78 is 0. The molecule has 4 rings (SSSR count). The molecule has 0 unspecified atom stereocenters. The van der Waals surface area contributed by atoms with E-state index in [1.165, 1.54) is 0 Å². The van der Waals surface area contributed by atoms with Crippen LogP contribution in [0.25, 0.3) is 0 Å². The second-order valence-electron chi connectivity index (χ2n) is 6.38. The molecule has 1 aromatic carbocycles. The number of aromatic nitrogens is 2. The Labute approximate surface area is 146 Å². The predicted octanol–water partition coefficient (Wildman–Crippen LogP) is 3.75. The lowest BCUT2D eigenvalue weighted by atomic mass is 10.2. The van der Waals surface area contributed by atoms with Crippen LogP contribution >= 0.6 is 11.6 Å². The number of hydrogen-bond donors (Lipinski definition) is 1. The minimum Gasteiger partial charge on any atom is -0.366 e. The van der Waals surface area contributed by atoms with Crippen molar-refractivity contribution in [1.29, 1.82) is 0 Å². The Morgan fingerprint density at radius 2 is 2.00 bits per heavy atom. The summed E-state index contributed by atoms with van der Waals surface area (Å²) in [5.74, 6) is 2.29. The highest BCUT2D eigenvalue weighted by Gasteiger charge is 2.27. The van der Waals surface area contributed by atoms with Crippen molar-refractivity contribution in [3.05, 3.63) is 46.9 Å². The van der Waals surface area contributed by atoms with Crippen molar-refractivity contribution in [2.45, 2.75) is 38.1 Å². The van der Waals surface area contributed by atoms with E-state index >= 15 is 0 Å². The van der Waals surface area contributed by atoms with E-state index in [2.05, 4.69) is 15.3 Å². The fraction of sp³-hybridized carbons (Fsp3) is 0.389. The smallest absolute Gasteiger partial charge is 0.227 e. The minimum atomic E-state index is 0.212. The zero-order chi connectivity index (χ0) is 16.5. The molecule has 1 saturated carbocycles. The molecule has 1 saturated heterocycles. The Kier molecular flexibility index (Phi) is 4.10. The standard InChI is InChI=1S/C18H19ClN4O/c19-15-10-16(22-18(21-15)13-5-6-13)20-11-12-3-7-14(8-4-12)23-9-1-2-17(23)24/h3-4,7-8,10,13H,1-2,5-6,9,11H2,(H,20,21,22). The number of amides is 1. The zero-order valence-electron chi connectivity index (χ0n) is 13.3. The van der Waals surface area contributed by atoms with E-state index in [0.29, 0.717) is 24.0 Å². The lowest BCUT2D eigenvalue weighted by Crippen LogP contribution is -2.23. The van der Waals surface area contributed by atoms with E-state index in [-0.39, 0.29) is 5.91 Å². The molecule has 1 N–H and O–H groups in total. The van der Waals surface area contributed by atoms with Crippen LogP contribution in [-0.2, 0) is 11.3 Å². The quantitative estimate of drug-likeness (QED) is 0.841. The summed E-state index contributed by atoms with van der Waals surface area (Å²) in [5.41, 5.74) is 2.11. The number of halogens is 1. The van der Waals surface area contributed by atoms with E-state index in [4.69, 9.17) is 11.6 Å². The monoisotopic (exact) mass is 342 g/mol. The largest absolute Gasteiger partial charge is 0.366 e. The lowest BCUT2D eigenvalue weighted by molar-refractivity contribution is -0.117. The van der Waals surface area contributed by atoms with E-state index in [0.717, 1.165) is 48.7 Å². The highest BCUT2D eigenvalue weighted by molar-refractivity contribution is 6.29. The third-order valence-corrected chi connectivity index (χ3v) is 4.64. The van der Waals surface area contributed by atoms with Gasteiger partial charge in [0.25, 0.3) is 0 Å². The van der Waals surface area contributed by atoms with E-state index in [1.54, 1.807) is 6.07 Å². The average molecular weight is 343 g/mol. The molecular formula is C18H19ClN4O. The van der Waals surface area contributed by atoms with Crippen LogP contribution in [0.5, 0.6) is 0 Å². The number of anilines is 2. The summed E-state index contributed by atoms with van der Waals surface area (Å²) in [7, 11) is 0. The van der Waals surface area contributed by atoms with Crippen molar-refractivity contribution in [3.63, 3.8) is 0 Å². The van der Waals surface area contributed by atoms with Crippen LogP contribution in [0.4, 0.5) is 11.5 Å². The molecule has 2 fully saturated rings. The molecule has 6 heteroatoms. The van der Waals surface area contributed by atoms with E-state index < -0.39 is 0 Å². The molecule has 1 amide bonds. The Morgan fingerprint density at radius 1 is 1.21 bits per heavy atom. The van der Waals surface area contributed by atoms with Gasteiger partial charge in [0.05, 0.1) is 0 Å². The fourth-order valence-corrected chi connectivity index (χ4v) is 3.15. The topological polar surface area (TPSA) is 58.1 Å². The van der Waals surface area contributed by atoms with Crippen LogP contribution in [0.3, 0.4) is 0 Å². The first-order valence-corrected chi connectivity index (χ1v) is 8.74. The lowest BCUT2D eigenvalue weighted by Gasteiger charge is -2.16. The Hall–Kier alpha value is -2.14. The van der Waals surface area contributed by atoms with E-state index in [1.807, 2.05) is 29.2 Å². The fourth-order valence-electron chi connectivity index (χ4n) is 2.96. The van der Waals surface area contributed by atoms with Gasteiger partial charge in [-0.2, -0.15) is 0 Å². The van der Waals surface area contributed by atoms with E-state index in [9.17, 15) is 4.79 Å². The molecule has 1 aromatic heterocycles. The molecule has 0 radical (unpaired) electrons. The molecule has 0 bridgehead atoms. The van der Waals surface area contributed by atoms with Crippen molar-refractivity contribution in [2.75, 3.05) is 16.8 Å². The van der Waals surface area contributed by atoms with Crippen molar-refractivity contribution in [2.24, 2.45) is 0 Å². The molecule has 1 aliphatic heterocycles. The Balaban J connectivity index is 1.41. The van der Waals surface area contributed by atoms with Gasteiger partial charge in [0.1, 0.15) is 16.8 Å². The van der Waals surface area contributed by atoms with Crippen LogP contribution in [-0.4, -0.2) is 22.4 Å². The van der Waals surface area contributed by atoms with Crippen molar-refractivity contribution < 1.29 is 4.79 Å². The molecule has 2 aliphatic rings. The molecule has 124 valence electrons. The molecule has 2 aromatic rings. The van der Waals surface area contributed by atoms with Gasteiger partial charge in [-0.3, -0.25) is 4.79 Å². The maximum absolute atomic E-state index is 11.8. The third-order valence-electron chi connectivity index (χ3n) is 4.45. The van der Waals surface area contributed by atoms with Gasteiger partial charge in [-0.1, -0.05) is 23.7 Å². The van der Waals surface area contributed by atoms with Crippen molar-refractivity contribution >= 4 is 29.0 Å². The van der Waals surface area contributed by atoms with Gasteiger partial charge in [-0.15, -0.1) is 0 Å². The van der Waals surface area contributed by atoms with Crippen LogP contribution in [0.1, 0.15) is 43.0 Å². The summed E-state index contributed by atoms with van der Waals surface area (Å²) >= 11 is 6.08. The molecule has 0 atom stereocenters. The van der Waals surface area contributed by atoms with Crippen LogP contribution in [0, 0.1) is 0 Å². The van der Waals surface area contributed by atoms with Gasteiger partial charge in [0.15, 0.2) is 0 Å². The highest BCUT2D eigenvalue weighted by Crippen LogP contribution is 2.38. The molecule has 1 aliphatic carbocycles. The number of carbonyl (C=O) groups is 1. The summed E-state index contributed by atoms with van der Waals surface area (Å²) in [4.78, 5) is 22.5. The predicted molar refractivity (Wildman–Crippen MR) is 94.4 cm³/mol. The first-order chi connectivity index (χ1) is 11.7. The second-order valence-corrected chi connectivity index (χ2v) is 6.76. The minimum absolute atomic E-state index is 0.212. The van der Waals surface area contributed by atoms with Gasteiger partial charge < -0.3 is 10.2 Å². The van der Waals surface area contributed by atoms with Crippen LogP contribution < -0.4 is 10.2 Å². The number of benzene rings is 1. The molecular weight excluding hydrogens is 324 g/mol. The van der Waals surface area contributed by atoms with Gasteiger partial charge in [-0.05, 0) is 37.0 Å². The number of rotatable bonds is 5. The maximum atomic E-state index is 11.8. The first kappa shape index (κ1) is 15.4. The van der Waals surface area contributed by atoms with Gasteiger partial charge in [0.2, 0.25) is 5.91 Å². The molecule has 2 heterocycles. The molecule has 5 nitrogen and oxygen atoms in total. The van der Waals surface area contributed by atoms with Crippen molar-refractivity contribution in [1.82, 2.24) is 9.97 Å². The van der Waals surface area contributed by atoms with Gasteiger partial charge in [0, 0.05) is 37.2 Å². The molecule has 0 spiro atoms. The number of carbonyl (C=O) groups excluding carboxylic acids is 1. The number of nitrogens with one attached hydrogen (secondary N) is 1. The van der Waals surface area contributed by atoms with Gasteiger partial charge in [-0.25, -0.2) is 9.97 Å². The van der Waals surface area contributed by atoms with Crippen LogP contribution in [0.2, 0.25) is 5.15 Å². The normalized spacial score (nSPS) is 17.4. The maximum Gasteiger partial charge on any atom is 0.227 e. The molecule has 24 heavy (non-hydrogen) atoms. The number of nitrogens with zero attached hydrogens (tertiary/aromatic N) is 3. The van der Waals surface area contributed by atoms with Crippen LogP contribution in [0.15, 0.2) is 30.3 Å². The summed E-state index contributed by atoms with van der Waals surface area (Å²) in [6.07, 6.45) is 3.90. The first-order valence-electron chi connectivity index (χ1n) is 8.37. The zero-order valence-corrected chi connectivity index (χ0v) is 14.1. The highest BCUT2D eigenvalue weighted by atomic mass is 35.5. The summed E-state index contributed by atoms with van der Waals surface area (Å²) in [6, 6.07) is 9.84. The van der Waals surface area contributed by atoms with Gasteiger partial charge >= 0.3 is 0 Å². The second kappa shape index (κ2) is 6.40. The third kappa shape index (κ3) is 3.36. The SMILES string of the molecule is O=C1CCCN1c1ccc(CNc2cc(Cl)nc(C3CC3)n2)cc1. The van der Waals surface area contributed by atoms with Crippen molar-refractivity contribution in [3.8, 4) is 0 Å². The summed E-state index contributed by atoms with van der Waals surface area (Å²) in [6.45, 7) is 1.48. The number of hydrogen-bond acceptors (Lipinski definition) is 4. The summed E-state index contributed by atoms with van der Waals surface area (Å²) in [5, 5.41) is 3.79. The average Bonchev–Trinajstić information content (AvgIpc) is 3.35. The Bertz CT molecular complexity index is 758. The Morgan fingerprint density at radius 3 is 2.67 bits per heavy atom.